The normalized spacial score (nSPS) is 24.6. The summed E-state index contributed by atoms with van der Waals surface area (Å²) in [7, 11) is 1.45. The van der Waals surface area contributed by atoms with Crippen molar-refractivity contribution in [3.63, 3.8) is 0 Å². The monoisotopic (exact) mass is 253 g/mol. The van der Waals surface area contributed by atoms with E-state index in [2.05, 4.69) is 5.32 Å². The van der Waals surface area contributed by atoms with Gasteiger partial charge in [-0.3, -0.25) is 0 Å². The maximum atomic E-state index is 14.0. The molecule has 0 bridgehead atoms. The molecule has 1 aromatic rings. The number of hydrogen-bond acceptors (Lipinski definition) is 3. The van der Waals surface area contributed by atoms with Gasteiger partial charge in [0, 0.05) is 6.42 Å². The van der Waals surface area contributed by atoms with E-state index in [9.17, 15) is 9.50 Å². The summed E-state index contributed by atoms with van der Waals surface area (Å²) in [5, 5.41) is 13.8. The fraction of sp³-hybridized carbons (Fsp3) is 0.571. The van der Waals surface area contributed by atoms with Crippen LogP contribution in [0.1, 0.15) is 24.8 Å². The Hall–Kier alpha value is -1.13. The molecular weight excluding hydrogens is 233 g/mol. The summed E-state index contributed by atoms with van der Waals surface area (Å²) in [6.07, 6.45) is 2.63. The minimum absolute atomic E-state index is 0.239. The number of benzene rings is 1. The summed E-state index contributed by atoms with van der Waals surface area (Å²) in [6.45, 7) is 1.70. The van der Waals surface area contributed by atoms with Gasteiger partial charge in [-0.2, -0.15) is 0 Å². The summed E-state index contributed by atoms with van der Waals surface area (Å²) in [5.41, 5.74) is -0.282. The molecule has 1 heterocycles. The van der Waals surface area contributed by atoms with Crippen molar-refractivity contribution in [2.75, 3.05) is 20.2 Å². The predicted octanol–water partition coefficient (Wildman–Crippen LogP) is 1.88. The Bertz CT molecular complexity index is 401. The Morgan fingerprint density at radius 2 is 2.22 bits per heavy atom. The molecule has 0 saturated carbocycles. The zero-order valence-corrected chi connectivity index (χ0v) is 10.7. The van der Waals surface area contributed by atoms with Crippen LogP contribution in [0.15, 0.2) is 18.2 Å². The largest absolute Gasteiger partial charge is 0.494 e. The Morgan fingerprint density at radius 1 is 1.39 bits per heavy atom. The zero-order valence-electron chi connectivity index (χ0n) is 10.7. The van der Waals surface area contributed by atoms with Crippen LogP contribution in [0.2, 0.25) is 0 Å². The molecule has 1 saturated heterocycles. The van der Waals surface area contributed by atoms with Crippen molar-refractivity contribution in [2.24, 2.45) is 0 Å². The average Bonchev–Trinajstić information content (AvgIpc) is 2.57. The van der Waals surface area contributed by atoms with E-state index in [1.807, 2.05) is 0 Å². The van der Waals surface area contributed by atoms with Crippen molar-refractivity contribution in [2.45, 2.75) is 31.3 Å². The van der Waals surface area contributed by atoms with Crippen LogP contribution < -0.4 is 10.1 Å². The predicted molar refractivity (Wildman–Crippen MR) is 68.3 cm³/mol. The lowest BCUT2D eigenvalue weighted by Crippen LogP contribution is -2.32. The molecule has 2 rings (SSSR count). The lowest BCUT2D eigenvalue weighted by molar-refractivity contribution is 0.0276. The van der Waals surface area contributed by atoms with Crippen LogP contribution in [0.25, 0.3) is 0 Å². The van der Waals surface area contributed by atoms with E-state index in [4.69, 9.17) is 4.74 Å². The second-order valence-electron chi connectivity index (χ2n) is 4.94. The second-order valence-corrected chi connectivity index (χ2v) is 4.94. The first-order valence-corrected chi connectivity index (χ1v) is 6.39. The maximum Gasteiger partial charge on any atom is 0.168 e. The highest BCUT2D eigenvalue weighted by Crippen LogP contribution is 2.28. The number of rotatable bonds is 3. The Morgan fingerprint density at radius 3 is 3.00 bits per heavy atom. The van der Waals surface area contributed by atoms with E-state index >= 15 is 0 Å². The van der Waals surface area contributed by atoms with Crippen LogP contribution in [0.5, 0.6) is 5.75 Å². The standard InChI is InChI=1S/C14H20FNO2/c1-18-12-5-2-4-11(13(12)15)10-14(17)6-3-8-16-9-7-14/h2,4-5,16-17H,3,6-10H2,1H3. The van der Waals surface area contributed by atoms with Crippen LogP contribution in [-0.2, 0) is 6.42 Å². The first-order valence-electron chi connectivity index (χ1n) is 6.39. The van der Waals surface area contributed by atoms with Gasteiger partial charge in [0.15, 0.2) is 11.6 Å². The highest BCUT2D eigenvalue weighted by atomic mass is 19.1. The molecular formula is C14H20FNO2. The van der Waals surface area contributed by atoms with E-state index in [1.54, 1.807) is 18.2 Å². The van der Waals surface area contributed by atoms with Gasteiger partial charge in [-0.25, -0.2) is 4.39 Å². The van der Waals surface area contributed by atoms with Crippen LogP contribution in [0.4, 0.5) is 4.39 Å². The van der Waals surface area contributed by atoms with Crippen molar-refractivity contribution in [3.05, 3.63) is 29.6 Å². The van der Waals surface area contributed by atoms with E-state index in [0.717, 1.165) is 19.5 Å². The summed E-state index contributed by atoms with van der Waals surface area (Å²) in [4.78, 5) is 0. The molecule has 0 radical (unpaired) electrons. The maximum absolute atomic E-state index is 14.0. The van der Waals surface area contributed by atoms with Crippen molar-refractivity contribution in [1.82, 2.24) is 5.32 Å². The molecule has 4 heteroatoms. The van der Waals surface area contributed by atoms with Gasteiger partial charge in [-0.05, 0) is 44.0 Å². The molecule has 1 unspecified atom stereocenters. The molecule has 0 aliphatic carbocycles. The van der Waals surface area contributed by atoms with Crippen molar-refractivity contribution in [1.29, 1.82) is 0 Å². The molecule has 1 aromatic carbocycles. The lowest BCUT2D eigenvalue weighted by atomic mass is 9.87. The van der Waals surface area contributed by atoms with Gasteiger partial charge in [0.1, 0.15) is 0 Å². The highest BCUT2D eigenvalue weighted by molar-refractivity contribution is 5.32. The Balaban J connectivity index is 2.17. The molecule has 100 valence electrons. The summed E-state index contributed by atoms with van der Waals surface area (Å²) in [5.74, 6) is -0.117. The zero-order chi connectivity index (χ0) is 13.0. The number of halogens is 1. The Kier molecular flexibility index (Phi) is 4.19. The molecule has 1 aliphatic heterocycles. The fourth-order valence-corrected chi connectivity index (χ4v) is 2.50. The van der Waals surface area contributed by atoms with Crippen molar-refractivity contribution in [3.8, 4) is 5.75 Å². The van der Waals surface area contributed by atoms with Crippen molar-refractivity contribution < 1.29 is 14.2 Å². The smallest absolute Gasteiger partial charge is 0.168 e. The van der Waals surface area contributed by atoms with E-state index in [-0.39, 0.29) is 11.6 Å². The molecule has 1 atom stereocenters. The molecule has 18 heavy (non-hydrogen) atoms. The van der Waals surface area contributed by atoms with Crippen LogP contribution in [-0.4, -0.2) is 30.9 Å². The minimum atomic E-state index is -0.809. The highest BCUT2D eigenvalue weighted by Gasteiger charge is 2.29. The SMILES string of the molecule is COc1cccc(CC2(O)CCCNCC2)c1F. The second kappa shape index (κ2) is 5.67. The van der Waals surface area contributed by atoms with Gasteiger partial charge in [-0.1, -0.05) is 12.1 Å². The molecule has 0 aromatic heterocycles. The average molecular weight is 253 g/mol. The molecule has 3 nitrogen and oxygen atoms in total. The number of methoxy groups -OCH3 is 1. The number of aliphatic hydroxyl groups is 1. The van der Waals surface area contributed by atoms with Crippen LogP contribution in [0.3, 0.4) is 0 Å². The van der Waals surface area contributed by atoms with Crippen molar-refractivity contribution >= 4 is 0 Å². The van der Waals surface area contributed by atoms with Gasteiger partial charge in [0.2, 0.25) is 0 Å². The fourth-order valence-electron chi connectivity index (χ4n) is 2.50. The third-order valence-corrected chi connectivity index (χ3v) is 3.55. The topological polar surface area (TPSA) is 41.5 Å². The molecule has 1 aliphatic rings. The summed E-state index contributed by atoms with van der Waals surface area (Å²) in [6, 6.07) is 5.07. The van der Waals surface area contributed by atoms with Gasteiger partial charge in [-0.15, -0.1) is 0 Å². The number of nitrogens with one attached hydrogen (secondary N) is 1. The van der Waals surface area contributed by atoms with Gasteiger partial charge in [0.05, 0.1) is 12.7 Å². The molecule has 0 spiro atoms. The number of hydrogen-bond donors (Lipinski definition) is 2. The van der Waals surface area contributed by atoms with Gasteiger partial charge in [0.25, 0.3) is 0 Å². The van der Waals surface area contributed by atoms with E-state index < -0.39 is 5.60 Å². The molecule has 1 fully saturated rings. The number of ether oxygens (including phenoxy) is 1. The lowest BCUT2D eigenvalue weighted by Gasteiger charge is -2.26. The molecule has 2 N–H and O–H groups in total. The van der Waals surface area contributed by atoms with Gasteiger partial charge < -0.3 is 15.2 Å². The van der Waals surface area contributed by atoms with Crippen LogP contribution in [0, 0.1) is 5.82 Å². The third-order valence-electron chi connectivity index (χ3n) is 3.55. The van der Waals surface area contributed by atoms with Crippen LogP contribution >= 0.6 is 0 Å². The minimum Gasteiger partial charge on any atom is -0.494 e. The summed E-state index contributed by atoms with van der Waals surface area (Å²) < 4.78 is 19.0. The first-order chi connectivity index (χ1) is 8.64. The summed E-state index contributed by atoms with van der Waals surface area (Å²) >= 11 is 0. The van der Waals surface area contributed by atoms with E-state index in [1.165, 1.54) is 7.11 Å². The quantitative estimate of drug-likeness (QED) is 0.864. The molecule has 0 amide bonds. The third kappa shape index (κ3) is 3.00. The first kappa shape index (κ1) is 13.3. The Labute approximate surface area is 107 Å². The van der Waals surface area contributed by atoms with Gasteiger partial charge >= 0.3 is 0 Å². The van der Waals surface area contributed by atoms with E-state index in [0.29, 0.717) is 24.8 Å².